The molecule has 0 aromatic heterocycles. The Morgan fingerprint density at radius 1 is 1.50 bits per heavy atom. The standard InChI is InChI=1S/C9H17N3/c1-7(11-2)8-5-3-4-6-9(8)12-10/h8H,3-6,10H2,1-2H3/b11-7+,12-9+. The van der Waals surface area contributed by atoms with Crippen molar-refractivity contribution >= 4 is 11.4 Å². The summed E-state index contributed by atoms with van der Waals surface area (Å²) in [4.78, 5) is 4.19. The second-order valence-corrected chi connectivity index (χ2v) is 3.28. The van der Waals surface area contributed by atoms with Crippen molar-refractivity contribution in [2.45, 2.75) is 32.6 Å². The number of rotatable bonds is 1. The first-order chi connectivity index (χ1) is 5.79. The lowest BCUT2D eigenvalue weighted by atomic mass is 9.84. The van der Waals surface area contributed by atoms with E-state index in [0.717, 1.165) is 12.1 Å². The van der Waals surface area contributed by atoms with Gasteiger partial charge >= 0.3 is 0 Å². The van der Waals surface area contributed by atoms with E-state index in [2.05, 4.69) is 17.0 Å². The minimum atomic E-state index is 0.425. The van der Waals surface area contributed by atoms with Crippen LogP contribution in [0.3, 0.4) is 0 Å². The molecule has 0 heterocycles. The van der Waals surface area contributed by atoms with Gasteiger partial charge in [0, 0.05) is 24.4 Å². The van der Waals surface area contributed by atoms with Crippen LogP contribution in [-0.2, 0) is 0 Å². The van der Waals surface area contributed by atoms with Gasteiger partial charge in [-0.1, -0.05) is 6.42 Å². The van der Waals surface area contributed by atoms with Crippen LogP contribution in [-0.4, -0.2) is 18.5 Å². The number of nitrogens with two attached hydrogens (primary N) is 1. The third-order valence-corrected chi connectivity index (χ3v) is 2.60. The van der Waals surface area contributed by atoms with E-state index in [1.54, 1.807) is 0 Å². The fourth-order valence-electron chi connectivity index (χ4n) is 1.76. The molecule has 0 aliphatic heterocycles. The number of aliphatic imine (C=N–C) groups is 1. The average Bonchev–Trinajstić information content (AvgIpc) is 2.16. The minimum absolute atomic E-state index is 0.425. The Labute approximate surface area is 73.8 Å². The topological polar surface area (TPSA) is 50.7 Å². The van der Waals surface area contributed by atoms with E-state index >= 15 is 0 Å². The first kappa shape index (κ1) is 9.23. The van der Waals surface area contributed by atoms with Crippen molar-refractivity contribution in [2.24, 2.45) is 21.9 Å². The Morgan fingerprint density at radius 2 is 2.25 bits per heavy atom. The number of hydrogen-bond donors (Lipinski definition) is 1. The highest BCUT2D eigenvalue weighted by Crippen LogP contribution is 2.22. The predicted molar refractivity (Wildman–Crippen MR) is 52.6 cm³/mol. The lowest BCUT2D eigenvalue weighted by Crippen LogP contribution is -2.26. The summed E-state index contributed by atoms with van der Waals surface area (Å²) in [5, 5.41) is 3.83. The lowest BCUT2D eigenvalue weighted by molar-refractivity contribution is 0.608. The van der Waals surface area contributed by atoms with E-state index in [0.29, 0.717) is 5.92 Å². The highest BCUT2D eigenvalue weighted by molar-refractivity contribution is 6.06. The van der Waals surface area contributed by atoms with Crippen molar-refractivity contribution in [3.05, 3.63) is 0 Å². The molecule has 3 heteroatoms. The number of hydrazone groups is 1. The second kappa shape index (κ2) is 4.24. The monoisotopic (exact) mass is 167 g/mol. The SMILES string of the molecule is C/N=C(\C)C1CCCC/C1=N\N. The van der Waals surface area contributed by atoms with Crippen LogP contribution in [0.25, 0.3) is 0 Å². The molecule has 3 nitrogen and oxygen atoms in total. The van der Waals surface area contributed by atoms with Gasteiger partial charge in [0.2, 0.25) is 0 Å². The van der Waals surface area contributed by atoms with Crippen molar-refractivity contribution < 1.29 is 0 Å². The molecule has 0 radical (unpaired) electrons. The maximum Gasteiger partial charge on any atom is 0.0462 e. The second-order valence-electron chi connectivity index (χ2n) is 3.28. The van der Waals surface area contributed by atoms with Crippen LogP contribution in [0.1, 0.15) is 32.6 Å². The molecule has 68 valence electrons. The number of nitrogens with zero attached hydrogens (tertiary/aromatic N) is 2. The van der Waals surface area contributed by atoms with Crippen molar-refractivity contribution in [3.8, 4) is 0 Å². The fraction of sp³-hybridized carbons (Fsp3) is 0.778. The molecule has 0 bridgehead atoms. The molecule has 1 aliphatic carbocycles. The Balaban J connectivity index is 2.72. The van der Waals surface area contributed by atoms with Crippen molar-refractivity contribution in [2.75, 3.05) is 7.05 Å². The molecule has 2 N–H and O–H groups in total. The van der Waals surface area contributed by atoms with E-state index in [-0.39, 0.29) is 0 Å². The molecule has 0 aromatic rings. The van der Waals surface area contributed by atoms with E-state index in [9.17, 15) is 0 Å². The highest BCUT2D eigenvalue weighted by Gasteiger charge is 2.22. The van der Waals surface area contributed by atoms with Gasteiger partial charge in [-0.2, -0.15) is 5.10 Å². The van der Waals surface area contributed by atoms with E-state index < -0.39 is 0 Å². The van der Waals surface area contributed by atoms with E-state index in [4.69, 9.17) is 5.84 Å². The summed E-state index contributed by atoms with van der Waals surface area (Å²) in [6.45, 7) is 2.06. The van der Waals surface area contributed by atoms with Crippen LogP contribution in [0.5, 0.6) is 0 Å². The van der Waals surface area contributed by atoms with Gasteiger partial charge in [0.15, 0.2) is 0 Å². The van der Waals surface area contributed by atoms with Gasteiger partial charge in [-0.3, -0.25) is 4.99 Å². The molecule has 12 heavy (non-hydrogen) atoms. The summed E-state index contributed by atoms with van der Waals surface area (Å²) < 4.78 is 0. The normalized spacial score (nSPS) is 29.3. The molecule has 1 atom stereocenters. The molecule has 1 rings (SSSR count). The summed E-state index contributed by atoms with van der Waals surface area (Å²) >= 11 is 0. The Hall–Kier alpha value is -0.860. The smallest absolute Gasteiger partial charge is 0.0462 e. The maximum absolute atomic E-state index is 5.32. The van der Waals surface area contributed by atoms with E-state index in [1.807, 2.05) is 7.05 Å². The summed E-state index contributed by atoms with van der Waals surface area (Å²) in [6, 6.07) is 0. The molecule has 1 saturated carbocycles. The van der Waals surface area contributed by atoms with E-state index in [1.165, 1.54) is 25.0 Å². The largest absolute Gasteiger partial charge is 0.323 e. The zero-order valence-electron chi connectivity index (χ0n) is 7.88. The van der Waals surface area contributed by atoms with Crippen LogP contribution in [0.2, 0.25) is 0 Å². The molecule has 0 amide bonds. The van der Waals surface area contributed by atoms with Crippen molar-refractivity contribution in [1.29, 1.82) is 0 Å². The van der Waals surface area contributed by atoms with Crippen LogP contribution in [0, 0.1) is 5.92 Å². The summed E-state index contributed by atoms with van der Waals surface area (Å²) in [7, 11) is 1.83. The van der Waals surface area contributed by atoms with Gasteiger partial charge in [-0.05, 0) is 26.2 Å². The first-order valence-corrected chi connectivity index (χ1v) is 4.49. The molecule has 1 fully saturated rings. The fourth-order valence-corrected chi connectivity index (χ4v) is 1.76. The van der Waals surface area contributed by atoms with Gasteiger partial charge in [-0.15, -0.1) is 0 Å². The van der Waals surface area contributed by atoms with Crippen LogP contribution in [0.15, 0.2) is 10.1 Å². The van der Waals surface area contributed by atoms with Gasteiger partial charge in [0.05, 0.1) is 0 Å². The zero-order valence-corrected chi connectivity index (χ0v) is 7.88. The third-order valence-electron chi connectivity index (χ3n) is 2.60. The third kappa shape index (κ3) is 1.84. The quantitative estimate of drug-likeness (QED) is 0.360. The lowest BCUT2D eigenvalue weighted by Gasteiger charge is -2.22. The minimum Gasteiger partial charge on any atom is -0.323 e. The molecule has 0 spiro atoms. The van der Waals surface area contributed by atoms with Crippen LogP contribution >= 0.6 is 0 Å². The highest BCUT2D eigenvalue weighted by atomic mass is 15.1. The maximum atomic E-state index is 5.32. The summed E-state index contributed by atoms with van der Waals surface area (Å²) in [5.41, 5.74) is 2.29. The van der Waals surface area contributed by atoms with Crippen molar-refractivity contribution in [1.82, 2.24) is 0 Å². The van der Waals surface area contributed by atoms with Gasteiger partial charge in [0.25, 0.3) is 0 Å². The zero-order chi connectivity index (χ0) is 8.97. The molecule has 1 aliphatic rings. The Bertz CT molecular complexity index is 206. The Morgan fingerprint density at radius 3 is 2.83 bits per heavy atom. The van der Waals surface area contributed by atoms with Crippen LogP contribution in [0.4, 0.5) is 0 Å². The van der Waals surface area contributed by atoms with Crippen LogP contribution < -0.4 is 5.84 Å². The molecular formula is C9H17N3. The first-order valence-electron chi connectivity index (χ1n) is 4.49. The predicted octanol–water partition coefficient (Wildman–Crippen LogP) is 1.58. The van der Waals surface area contributed by atoms with Gasteiger partial charge in [-0.25, -0.2) is 0 Å². The van der Waals surface area contributed by atoms with Gasteiger partial charge in [0.1, 0.15) is 0 Å². The van der Waals surface area contributed by atoms with Gasteiger partial charge < -0.3 is 5.84 Å². The molecule has 0 aromatic carbocycles. The molecule has 0 saturated heterocycles. The summed E-state index contributed by atoms with van der Waals surface area (Å²) in [5.74, 6) is 5.74. The molecular weight excluding hydrogens is 150 g/mol. The Kier molecular flexibility index (Phi) is 3.26. The average molecular weight is 167 g/mol. The summed E-state index contributed by atoms with van der Waals surface area (Å²) in [6.07, 6.45) is 4.72. The number of hydrogen-bond acceptors (Lipinski definition) is 3. The van der Waals surface area contributed by atoms with Crippen molar-refractivity contribution in [3.63, 3.8) is 0 Å². The molecule has 1 unspecified atom stereocenters.